The van der Waals surface area contributed by atoms with Crippen LogP contribution in [0, 0.1) is 5.41 Å². The molecule has 0 aliphatic carbocycles. The van der Waals surface area contributed by atoms with Crippen LogP contribution in [0.2, 0.25) is 0 Å². The molecule has 138 valence electrons. The molecule has 1 rings (SSSR count). The number of carbonyl (C=O) groups excluding carboxylic acids is 2. The minimum atomic E-state index is -1.01. The molecule has 1 fully saturated rings. The summed E-state index contributed by atoms with van der Waals surface area (Å²) in [5.41, 5.74) is -1.01. The largest absolute Gasteiger partial charge is 0.481 e. The van der Waals surface area contributed by atoms with Crippen molar-refractivity contribution >= 4 is 17.8 Å². The van der Waals surface area contributed by atoms with E-state index in [4.69, 9.17) is 4.74 Å². The molecule has 1 unspecified atom stereocenters. The average Bonchev–Trinajstić information content (AvgIpc) is 2.56. The second kappa shape index (κ2) is 9.61. The third-order valence-electron chi connectivity index (χ3n) is 4.70. The van der Waals surface area contributed by atoms with E-state index in [2.05, 4.69) is 0 Å². The molecule has 1 N–H and O–H groups in total. The fourth-order valence-corrected chi connectivity index (χ4v) is 3.26. The Labute approximate surface area is 143 Å². The molecule has 1 aliphatic heterocycles. The van der Waals surface area contributed by atoms with Crippen molar-refractivity contribution in [2.75, 3.05) is 39.9 Å². The van der Waals surface area contributed by atoms with Gasteiger partial charge in [-0.25, -0.2) is 0 Å². The van der Waals surface area contributed by atoms with Crippen LogP contribution in [0.1, 0.15) is 46.0 Å². The second-order valence-electron chi connectivity index (χ2n) is 6.36. The smallest absolute Gasteiger partial charge is 0.313 e. The van der Waals surface area contributed by atoms with Gasteiger partial charge >= 0.3 is 5.97 Å². The van der Waals surface area contributed by atoms with Gasteiger partial charge in [0.15, 0.2) is 0 Å². The molecule has 7 nitrogen and oxygen atoms in total. The Morgan fingerprint density at radius 1 is 1.21 bits per heavy atom. The number of amides is 2. The summed E-state index contributed by atoms with van der Waals surface area (Å²) in [7, 11) is 1.48. The predicted octanol–water partition coefficient (Wildman–Crippen LogP) is 1.36. The summed E-state index contributed by atoms with van der Waals surface area (Å²) in [6, 6.07) is 0. The van der Waals surface area contributed by atoms with Gasteiger partial charge < -0.3 is 19.6 Å². The SMILES string of the molecule is CCN(CC)C(=O)CCCC(=O)N1CCCC(COC)(C(=O)O)C1. The van der Waals surface area contributed by atoms with Crippen LogP contribution in [0.3, 0.4) is 0 Å². The second-order valence-corrected chi connectivity index (χ2v) is 6.36. The van der Waals surface area contributed by atoms with Crippen molar-refractivity contribution in [2.45, 2.75) is 46.0 Å². The molecule has 7 heteroatoms. The van der Waals surface area contributed by atoms with Crippen molar-refractivity contribution < 1.29 is 24.2 Å². The topological polar surface area (TPSA) is 87.2 Å². The minimum absolute atomic E-state index is 0.0608. The van der Waals surface area contributed by atoms with Crippen LogP contribution in [0.15, 0.2) is 0 Å². The summed E-state index contributed by atoms with van der Waals surface area (Å²) < 4.78 is 5.07. The molecular weight excluding hydrogens is 312 g/mol. The molecule has 0 bridgehead atoms. The van der Waals surface area contributed by atoms with Gasteiger partial charge in [-0.15, -0.1) is 0 Å². The number of nitrogens with zero attached hydrogens (tertiary/aromatic N) is 2. The van der Waals surface area contributed by atoms with Gasteiger partial charge in [0.1, 0.15) is 5.41 Å². The summed E-state index contributed by atoms with van der Waals surface area (Å²) in [4.78, 5) is 39.3. The lowest BCUT2D eigenvalue weighted by Gasteiger charge is -2.39. The maximum Gasteiger partial charge on any atom is 0.313 e. The number of aliphatic carboxylic acids is 1. The standard InChI is InChI=1S/C17H30N2O5/c1-4-18(5-2)14(20)8-6-9-15(21)19-11-7-10-17(12-19,13-24-3)16(22)23/h4-13H2,1-3H3,(H,22,23). The fourth-order valence-electron chi connectivity index (χ4n) is 3.26. The quantitative estimate of drug-likeness (QED) is 0.684. The highest BCUT2D eigenvalue weighted by Crippen LogP contribution is 2.31. The van der Waals surface area contributed by atoms with Gasteiger partial charge in [0, 0.05) is 46.1 Å². The zero-order valence-corrected chi connectivity index (χ0v) is 15.0. The molecule has 0 spiro atoms. The van der Waals surface area contributed by atoms with Crippen LogP contribution in [0.4, 0.5) is 0 Å². The first-order chi connectivity index (χ1) is 11.4. The number of likely N-dealkylation sites (tertiary alicyclic amines) is 1. The van der Waals surface area contributed by atoms with Crippen LogP contribution in [0.5, 0.6) is 0 Å². The molecule has 1 aliphatic rings. The Morgan fingerprint density at radius 3 is 2.42 bits per heavy atom. The fraction of sp³-hybridized carbons (Fsp3) is 0.824. The van der Waals surface area contributed by atoms with Gasteiger partial charge in [-0.2, -0.15) is 0 Å². The number of carbonyl (C=O) groups is 3. The first kappa shape index (κ1) is 20.4. The van der Waals surface area contributed by atoms with E-state index in [0.717, 1.165) is 0 Å². The highest BCUT2D eigenvalue weighted by Gasteiger charge is 2.43. The zero-order valence-electron chi connectivity index (χ0n) is 15.0. The first-order valence-corrected chi connectivity index (χ1v) is 8.68. The lowest BCUT2D eigenvalue weighted by molar-refractivity contribution is -0.159. The van der Waals surface area contributed by atoms with E-state index in [9.17, 15) is 19.5 Å². The highest BCUT2D eigenvalue weighted by atomic mass is 16.5. The number of hydrogen-bond donors (Lipinski definition) is 1. The normalized spacial score (nSPS) is 20.7. The third kappa shape index (κ3) is 5.19. The Bertz CT molecular complexity index is 446. The Kier molecular flexibility index (Phi) is 8.18. The molecule has 1 heterocycles. The van der Waals surface area contributed by atoms with E-state index in [1.165, 1.54) is 7.11 Å². The summed E-state index contributed by atoms with van der Waals surface area (Å²) in [6.45, 7) is 6.07. The van der Waals surface area contributed by atoms with Crippen LogP contribution in [-0.2, 0) is 19.1 Å². The van der Waals surface area contributed by atoms with Crippen molar-refractivity contribution in [2.24, 2.45) is 5.41 Å². The number of rotatable bonds is 9. The van der Waals surface area contributed by atoms with Crippen molar-refractivity contribution in [3.63, 3.8) is 0 Å². The maximum atomic E-state index is 12.4. The maximum absolute atomic E-state index is 12.4. The number of hydrogen-bond acceptors (Lipinski definition) is 4. The van der Waals surface area contributed by atoms with E-state index in [-0.39, 0.29) is 31.4 Å². The molecule has 0 aromatic rings. The third-order valence-corrected chi connectivity index (χ3v) is 4.70. The van der Waals surface area contributed by atoms with Crippen LogP contribution in [-0.4, -0.2) is 72.6 Å². The number of ether oxygens (including phenoxy) is 1. The molecule has 0 saturated carbocycles. The molecule has 2 amide bonds. The molecule has 1 saturated heterocycles. The Morgan fingerprint density at radius 2 is 1.88 bits per heavy atom. The Balaban J connectivity index is 2.53. The van der Waals surface area contributed by atoms with E-state index in [1.807, 2.05) is 13.8 Å². The van der Waals surface area contributed by atoms with E-state index < -0.39 is 11.4 Å². The van der Waals surface area contributed by atoms with Gasteiger partial charge in [-0.1, -0.05) is 0 Å². The van der Waals surface area contributed by atoms with Gasteiger partial charge in [0.05, 0.1) is 6.61 Å². The first-order valence-electron chi connectivity index (χ1n) is 8.68. The minimum Gasteiger partial charge on any atom is -0.481 e. The molecule has 0 radical (unpaired) electrons. The summed E-state index contributed by atoms with van der Waals surface area (Å²) >= 11 is 0. The van der Waals surface area contributed by atoms with Crippen molar-refractivity contribution in [3.05, 3.63) is 0 Å². The summed E-state index contributed by atoms with van der Waals surface area (Å²) in [5.74, 6) is -0.937. The van der Waals surface area contributed by atoms with Crippen molar-refractivity contribution in [3.8, 4) is 0 Å². The zero-order chi connectivity index (χ0) is 18.2. The van der Waals surface area contributed by atoms with E-state index in [0.29, 0.717) is 45.3 Å². The van der Waals surface area contributed by atoms with Crippen LogP contribution < -0.4 is 0 Å². The summed E-state index contributed by atoms with van der Waals surface area (Å²) in [6.07, 6.45) is 2.29. The van der Waals surface area contributed by atoms with Crippen LogP contribution >= 0.6 is 0 Å². The van der Waals surface area contributed by atoms with Gasteiger partial charge in [0.2, 0.25) is 11.8 Å². The number of carboxylic acids is 1. The molecule has 24 heavy (non-hydrogen) atoms. The number of piperidine rings is 1. The molecule has 0 aromatic heterocycles. The van der Waals surface area contributed by atoms with Crippen molar-refractivity contribution in [1.29, 1.82) is 0 Å². The van der Waals surface area contributed by atoms with Gasteiger partial charge in [-0.05, 0) is 33.1 Å². The molecule has 1 atom stereocenters. The molecule has 0 aromatic carbocycles. The number of methoxy groups -OCH3 is 1. The Hall–Kier alpha value is -1.63. The van der Waals surface area contributed by atoms with E-state index >= 15 is 0 Å². The van der Waals surface area contributed by atoms with E-state index in [1.54, 1.807) is 9.80 Å². The van der Waals surface area contributed by atoms with Gasteiger partial charge in [-0.3, -0.25) is 14.4 Å². The average molecular weight is 342 g/mol. The highest BCUT2D eigenvalue weighted by molar-refractivity contribution is 5.81. The molecular formula is C17H30N2O5. The predicted molar refractivity (Wildman–Crippen MR) is 89.5 cm³/mol. The lowest BCUT2D eigenvalue weighted by atomic mass is 9.80. The monoisotopic (exact) mass is 342 g/mol. The summed E-state index contributed by atoms with van der Waals surface area (Å²) in [5, 5.41) is 9.52. The van der Waals surface area contributed by atoms with Gasteiger partial charge in [0.25, 0.3) is 0 Å². The number of carboxylic acid groups (broad SMARTS) is 1. The lowest BCUT2D eigenvalue weighted by Crippen LogP contribution is -2.52. The van der Waals surface area contributed by atoms with Crippen molar-refractivity contribution in [1.82, 2.24) is 9.80 Å². The van der Waals surface area contributed by atoms with Crippen LogP contribution in [0.25, 0.3) is 0 Å².